The van der Waals surface area contributed by atoms with Gasteiger partial charge in [0.2, 0.25) is 0 Å². The third kappa shape index (κ3) is 2.45. The third-order valence-corrected chi connectivity index (χ3v) is 3.27. The molecule has 0 radical (unpaired) electrons. The van der Waals surface area contributed by atoms with Gasteiger partial charge in [-0.05, 0) is 12.1 Å². The highest BCUT2D eigenvalue weighted by molar-refractivity contribution is 7.07. The molecule has 18 heavy (non-hydrogen) atoms. The van der Waals surface area contributed by atoms with Crippen LogP contribution in [0.3, 0.4) is 0 Å². The molecule has 6 heteroatoms. The standard InChI is InChI=1S/C12H15N3O2S/c1-16-8-3-4-9(11(5-8)17-2)12(15-13)10-6-18-7-14-10/h3-7,12,15H,13H2,1-2H3. The van der Waals surface area contributed by atoms with E-state index in [1.807, 2.05) is 23.6 Å². The second kappa shape index (κ2) is 5.81. The van der Waals surface area contributed by atoms with Crippen LogP contribution in [-0.2, 0) is 0 Å². The lowest BCUT2D eigenvalue weighted by Gasteiger charge is -2.18. The number of nitrogens with one attached hydrogen (secondary N) is 1. The molecule has 0 saturated carbocycles. The fourth-order valence-corrected chi connectivity index (χ4v) is 2.34. The largest absolute Gasteiger partial charge is 0.497 e. The molecule has 2 aromatic rings. The summed E-state index contributed by atoms with van der Waals surface area (Å²) in [4.78, 5) is 4.27. The Labute approximate surface area is 110 Å². The highest BCUT2D eigenvalue weighted by Gasteiger charge is 2.19. The normalized spacial score (nSPS) is 12.2. The molecule has 96 valence electrons. The average Bonchev–Trinajstić information content (AvgIpc) is 2.94. The van der Waals surface area contributed by atoms with E-state index in [0.717, 1.165) is 17.0 Å². The Kier molecular flexibility index (Phi) is 4.14. The first kappa shape index (κ1) is 12.8. The summed E-state index contributed by atoms with van der Waals surface area (Å²) in [5.74, 6) is 7.07. The van der Waals surface area contributed by atoms with Crippen molar-refractivity contribution in [2.24, 2.45) is 5.84 Å². The lowest BCUT2D eigenvalue weighted by Crippen LogP contribution is -2.29. The van der Waals surface area contributed by atoms with E-state index in [4.69, 9.17) is 15.3 Å². The molecule has 0 aliphatic heterocycles. The van der Waals surface area contributed by atoms with Crippen LogP contribution in [-0.4, -0.2) is 19.2 Å². The minimum absolute atomic E-state index is 0.197. The number of aromatic nitrogens is 1. The molecule has 0 spiro atoms. The summed E-state index contributed by atoms with van der Waals surface area (Å²) < 4.78 is 10.5. The molecule has 1 unspecified atom stereocenters. The minimum atomic E-state index is -0.197. The van der Waals surface area contributed by atoms with Crippen molar-refractivity contribution < 1.29 is 9.47 Å². The SMILES string of the molecule is COc1ccc(C(NN)c2cscn2)c(OC)c1. The van der Waals surface area contributed by atoms with E-state index in [1.54, 1.807) is 19.7 Å². The van der Waals surface area contributed by atoms with Crippen molar-refractivity contribution in [1.29, 1.82) is 0 Å². The van der Waals surface area contributed by atoms with Crippen molar-refractivity contribution >= 4 is 11.3 Å². The number of nitrogens with zero attached hydrogens (tertiary/aromatic N) is 1. The lowest BCUT2D eigenvalue weighted by molar-refractivity contribution is 0.387. The number of hydrazine groups is 1. The van der Waals surface area contributed by atoms with Gasteiger partial charge in [0.1, 0.15) is 11.5 Å². The maximum absolute atomic E-state index is 5.62. The Bertz CT molecular complexity index is 502. The van der Waals surface area contributed by atoms with Crippen LogP contribution in [0.15, 0.2) is 29.1 Å². The van der Waals surface area contributed by atoms with Crippen LogP contribution in [0.25, 0.3) is 0 Å². The highest BCUT2D eigenvalue weighted by Crippen LogP contribution is 2.32. The topological polar surface area (TPSA) is 69.4 Å². The molecule has 1 atom stereocenters. The van der Waals surface area contributed by atoms with E-state index in [1.165, 1.54) is 11.3 Å². The smallest absolute Gasteiger partial charge is 0.127 e. The van der Waals surface area contributed by atoms with Crippen LogP contribution in [0.5, 0.6) is 11.5 Å². The van der Waals surface area contributed by atoms with Crippen LogP contribution >= 0.6 is 11.3 Å². The lowest BCUT2D eigenvalue weighted by atomic mass is 10.0. The zero-order valence-corrected chi connectivity index (χ0v) is 11.0. The zero-order valence-electron chi connectivity index (χ0n) is 10.2. The summed E-state index contributed by atoms with van der Waals surface area (Å²) in [5, 5.41) is 1.95. The van der Waals surface area contributed by atoms with Crippen LogP contribution < -0.4 is 20.7 Å². The number of thiazole rings is 1. The van der Waals surface area contributed by atoms with E-state index in [0.29, 0.717) is 5.75 Å². The minimum Gasteiger partial charge on any atom is -0.497 e. The van der Waals surface area contributed by atoms with E-state index >= 15 is 0 Å². The van der Waals surface area contributed by atoms with Gasteiger partial charge < -0.3 is 9.47 Å². The fraction of sp³-hybridized carbons (Fsp3) is 0.250. The van der Waals surface area contributed by atoms with E-state index in [2.05, 4.69) is 10.4 Å². The van der Waals surface area contributed by atoms with Crippen molar-refractivity contribution in [3.05, 3.63) is 40.3 Å². The van der Waals surface area contributed by atoms with Gasteiger partial charge in [0.15, 0.2) is 0 Å². The van der Waals surface area contributed by atoms with Gasteiger partial charge in [0.05, 0.1) is 31.5 Å². The molecule has 2 rings (SSSR count). The number of hydrogen-bond donors (Lipinski definition) is 2. The molecular weight excluding hydrogens is 250 g/mol. The summed E-state index contributed by atoms with van der Waals surface area (Å²) >= 11 is 1.53. The van der Waals surface area contributed by atoms with Crippen molar-refractivity contribution in [1.82, 2.24) is 10.4 Å². The Hall–Kier alpha value is -1.63. The zero-order chi connectivity index (χ0) is 13.0. The number of rotatable bonds is 5. The number of benzene rings is 1. The van der Waals surface area contributed by atoms with Gasteiger partial charge >= 0.3 is 0 Å². The number of nitrogens with two attached hydrogens (primary N) is 1. The molecule has 1 aromatic heterocycles. The third-order valence-electron chi connectivity index (χ3n) is 2.67. The molecule has 0 bridgehead atoms. The molecule has 0 fully saturated rings. The molecule has 1 aromatic carbocycles. The van der Waals surface area contributed by atoms with Crippen molar-refractivity contribution in [3.8, 4) is 11.5 Å². The van der Waals surface area contributed by atoms with Crippen molar-refractivity contribution in [2.75, 3.05) is 14.2 Å². The van der Waals surface area contributed by atoms with Gasteiger partial charge in [-0.2, -0.15) is 0 Å². The van der Waals surface area contributed by atoms with Crippen LogP contribution in [0.4, 0.5) is 0 Å². The molecule has 0 aliphatic carbocycles. The van der Waals surface area contributed by atoms with E-state index in [-0.39, 0.29) is 6.04 Å². The van der Waals surface area contributed by atoms with Crippen LogP contribution in [0, 0.1) is 0 Å². The molecule has 0 saturated heterocycles. The summed E-state index contributed by atoms with van der Waals surface area (Å²) in [6, 6.07) is 5.42. The monoisotopic (exact) mass is 265 g/mol. The summed E-state index contributed by atoms with van der Waals surface area (Å²) in [7, 11) is 3.24. The van der Waals surface area contributed by atoms with Crippen LogP contribution in [0.2, 0.25) is 0 Å². The van der Waals surface area contributed by atoms with E-state index in [9.17, 15) is 0 Å². The Morgan fingerprint density at radius 3 is 2.72 bits per heavy atom. The van der Waals surface area contributed by atoms with Crippen LogP contribution in [0.1, 0.15) is 17.3 Å². The molecule has 0 aliphatic rings. The molecule has 3 N–H and O–H groups in total. The highest BCUT2D eigenvalue weighted by atomic mass is 32.1. The first-order valence-corrected chi connectivity index (χ1v) is 6.30. The summed E-state index contributed by atoms with van der Waals surface area (Å²) in [6.45, 7) is 0. The maximum Gasteiger partial charge on any atom is 0.127 e. The molecule has 1 heterocycles. The first-order chi connectivity index (χ1) is 8.80. The average molecular weight is 265 g/mol. The number of hydrogen-bond acceptors (Lipinski definition) is 6. The predicted molar refractivity (Wildman–Crippen MR) is 70.8 cm³/mol. The second-order valence-electron chi connectivity index (χ2n) is 3.62. The Morgan fingerprint density at radius 1 is 1.33 bits per heavy atom. The maximum atomic E-state index is 5.62. The van der Waals surface area contributed by atoms with E-state index < -0.39 is 0 Å². The van der Waals surface area contributed by atoms with Gasteiger partial charge in [-0.25, -0.2) is 10.4 Å². The Balaban J connectivity index is 2.42. The molecule has 5 nitrogen and oxygen atoms in total. The quantitative estimate of drug-likeness (QED) is 0.636. The second-order valence-corrected chi connectivity index (χ2v) is 4.34. The van der Waals surface area contributed by atoms with Gasteiger partial charge in [-0.15, -0.1) is 11.3 Å². The summed E-state index contributed by atoms with van der Waals surface area (Å²) in [6.07, 6.45) is 0. The predicted octanol–water partition coefficient (Wildman–Crippen LogP) is 1.71. The van der Waals surface area contributed by atoms with Gasteiger partial charge in [-0.3, -0.25) is 5.84 Å². The Morgan fingerprint density at radius 2 is 2.17 bits per heavy atom. The fourth-order valence-electron chi connectivity index (χ4n) is 1.76. The molecular formula is C12H15N3O2S. The van der Waals surface area contributed by atoms with Gasteiger partial charge in [0.25, 0.3) is 0 Å². The summed E-state index contributed by atoms with van der Waals surface area (Å²) in [5.41, 5.74) is 6.32. The van der Waals surface area contributed by atoms with Crippen molar-refractivity contribution in [3.63, 3.8) is 0 Å². The first-order valence-electron chi connectivity index (χ1n) is 5.36. The molecule has 0 amide bonds. The van der Waals surface area contributed by atoms with Crippen molar-refractivity contribution in [2.45, 2.75) is 6.04 Å². The number of ether oxygens (including phenoxy) is 2. The van der Waals surface area contributed by atoms with Gasteiger partial charge in [0, 0.05) is 17.0 Å². The van der Waals surface area contributed by atoms with Gasteiger partial charge in [-0.1, -0.05) is 0 Å². The number of methoxy groups -OCH3 is 2.